The van der Waals surface area contributed by atoms with Crippen molar-refractivity contribution in [3.05, 3.63) is 31.2 Å². The van der Waals surface area contributed by atoms with E-state index in [4.69, 9.17) is 34.5 Å². The first-order valence-electron chi connectivity index (χ1n) is 12.8. The lowest BCUT2D eigenvalue weighted by molar-refractivity contribution is -0.0513. The SMILES string of the molecule is Nc1ncnc2c1ccn2[C@@H]1O[C@H](COP(=O)(O)O[C@H]2C[C@H](n3cnc4c(N)ncnc43)O[C@@H]2CNS(=O)(=O)O)C[C@H]1O. The van der Waals surface area contributed by atoms with Crippen LogP contribution in [-0.4, -0.2) is 94.6 Å². The maximum atomic E-state index is 13.0. The predicted molar refractivity (Wildman–Crippen MR) is 145 cm³/mol. The molecule has 22 heteroatoms. The number of aromatic nitrogens is 7. The first kappa shape index (κ1) is 29.7. The standard InChI is InChI=1S/C21H27N10O10PS/c22-17-11-1-2-30(19(11)26-7-24-17)21-12(32)3-10(39-21)6-38-42(33,34)41-13-4-15(40-14(13)5-29-43(35,36)37)31-9-28-16-18(23)25-8-27-20(16)31/h1-2,7-10,12-15,21,29,32H,3-6H2,(H,33,34)(H2,22,24,26)(H2,23,25,27)(H,35,36,37)/t10-,12+,13-,14+,15+,21+/m0/s1. The molecule has 0 saturated carbocycles. The molecule has 2 aliphatic rings. The zero-order valence-electron chi connectivity index (χ0n) is 22.0. The van der Waals surface area contributed by atoms with Gasteiger partial charge in [-0.1, -0.05) is 0 Å². The van der Waals surface area contributed by atoms with E-state index in [1.165, 1.54) is 23.5 Å². The van der Waals surface area contributed by atoms with Crippen LogP contribution in [0, 0.1) is 0 Å². The van der Waals surface area contributed by atoms with Crippen LogP contribution in [0.15, 0.2) is 31.2 Å². The highest BCUT2D eigenvalue weighted by molar-refractivity contribution is 7.83. The van der Waals surface area contributed by atoms with Crippen molar-refractivity contribution in [2.24, 2.45) is 0 Å². The van der Waals surface area contributed by atoms with E-state index in [9.17, 15) is 23.0 Å². The van der Waals surface area contributed by atoms with Gasteiger partial charge in [-0.15, -0.1) is 0 Å². The largest absolute Gasteiger partial charge is 0.472 e. The van der Waals surface area contributed by atoms with Crippen LogP contribution in [-0.2, 0) is 33.4 Å². The summed E-state index contributed by atoms with van der Waals surface area (Å²) in [5.74, 6) is 0.382. The molecule has 0 bridgehead atoms. The minimum atomic E-state index is -4.80. The number of hydrogen-bond acceptors (Lipinski definition) is 15. The van der Waals surface area contributed by atoms with Crippen molar-refractivity contribution in [1.29, 1.82) is 0 Å². The Labute approximate surface area is 242 Å². The predicted octanol–water partition coefficient (Wildman–Crippen LogP) is -0.734. The van der Waals surface area contributed by atoms with Gasteiger partial charge >= 0.3 is 18.1 Å². The zero-order chi connectivity index (χ0) is 30.5. The van der Waals surface area contributed by atoms with Gasteiger partial charge in [-0.2, -0.15) is 13.1 Å². The van der Waals surface area contributed by atoms with E-state index in [0.29, 0.717) is 22.2 Å². The van der Waals surface area contributed by atoms with Crippen molar-refractivity contribution in [3.63, 3.8) is 0 Å². The van der Waals surface area contributed by atoms with Crippen LogP contribution in [0.4, 0.5) is 11.6 Å². The molecule has 0 spiro atoms. The number of nitrogens with one attached hydrogen (secondary N) is 1. The Kier molecular flexibility index (Phi) is 7.79. The van der Waals surface area contributed by atoms with Gasteiger partial charge in [-0.3, -0.25) is 18.2 Å². The fourth-order valence-corrected chi connectivity index (χ4v) is 6.45. The van der Waals surface area contributed by atoms with Crippen LogP contribution < -0.4 is 16.2 Å². The van der Waals surface area contributed by atoms with E-state index in [1.807, 2.05) is 4.72 Å². The van der Waals surface area contributed by atoms with Crippen LogP contribution in [0.3, 0.4) is 0 Å². The van der Waals surface area contributed by atoms with Crippen molar-refractivity contribution in [2.45, 2.75) is 49.7 Å². The number of aliphatic hydroxyl groups excluding tert-OH is 1. The molecular weight excluding hydrogens is 615 g/mol. The Morgan fingerprint density at radius 3 is 2.58 bits per heavy atom. The van der Waals surface area contributed by atoms with Gasteiger partial charge in [0.2, 0.25) is 0 Å². The number of hydrogen-bond donors (Lipinski definition) is 6. The second-order valence-electron chi connectivity index (χ2n) is 9.85. The second kappa shape index (κ2) is 11.3. The molecule has 4 aromatic heterocycles. The summed E-state index contributed by atoms with van der Waals surface area (Å²) in [6.45, 7) is -0.923. The molecule has 2 saturated heterocycles. The number of anilines is 2. The first-order valence-corrected chi connectivity index (χ1v) is 15.7. The third-order valence-electron chi connectivity index (χ3n) is 7.02. The maximum Gasteiger partial charge on any atom is 0.472 e. The quantitative estimate of drug-likeness (QED) is 0.0917. The third kappa shape index (κ3) is 6.17. The molecule has 0 radical (unpaired) electrons. The first-order chi connectivity index (χ1) is 20.4. The van der Waals surface area contributed by atoms with Gasteiger partial charge in [0.1, 0.15) is 54.2 Å². The van der Waals surface area contributed by atoms with Gasteiger partial charge in [-0.25, -0.2) is 29.5 Å². The summed E-state index contributed by atoms with van der Waals surface area (Å²) < 4.78 is 72.1. The number of nitrogens with two attached hydrogens (primary N) is 2. The van der Waals surface area contributed by atoms with Gasteiger partial charge in [0, 0.05) is 25.6 Å². The van der Waals surface area contributed by atoms with Crippen LogP contribution in [0.5, 0.6) is 0 Å². The molecule has 4 aromatic rings. The zero-order valence-corrected chi connectivity index (χ0v) is 23.7. The molecule has 0 aromatic carbocycles. The van der Waals surface area contributed by atoms with E-state index in [1.54, 1.807) is 16.8 Å². The van der Waals surface area contributed by atoms with Crippen LogP contribution in [0.1, 0.15) is 25.3 Å². The highest BCUT2D eigenvalue weighted by atomic mass is 32.2. The van der Waals surface area contributed by atoms with E-state index in [2.05, 4.69) is 24.9 Å². The highest BCUT2D eigenvalue weighted by Gasteiger charge is 2.43. The molecule has 1 unspecified atom stereocenters. The highest BCUT2D eigenvalue weighted by Crippen LogP contribution is 2.49. The second-order valence-corrected chi connectivity index (χ2v) is 12.5. The molecule has 0 aliphatic carbocycles. The van der Waals surface area contributed by atoms with Gasteiger partial charge in [0.15, 0.2) is 17.7 Å². The Hall–Kier alpha value is -3.37. The molecule has 20 nitrogen and oxygen atoms in total. The van der Waals surface area contributed by atoms with Crippen molar-refractivity contribution in [2.75, 3.05) is 24.6 Å². The van der Waals surface area contributed by atoms with E-state index < -0.39 is 68.2 Å². The molecule has 8 N–H and O–H groups in total. The number of nitrogen functional groups attached to an aromatic ring is 2. The average Bonchev–Trinajstić information content (AvgIpc) is 3.71. The Balaban J connectivity index is 1.13. The molecule has 6 rings (SSSR count). The minimum absolute atomic E-state index is 0.0620. The molecule has 6 heterocycles. The number of phosphoric ester groups is 1. The topological polar surface area (TPSA) is 287 Å². The fourth-order valence-electron chi connectivity index (χ4n) is 5.10. The monoisotopic (exact) mass is 642 g/mol. The number of fused-ring (bicyclic) bond motifs is 2. The number of rotatable bonds is 10. The summed E-state index contributed by atoms with van der Waals surface area (Å²) in [6, 6.07) is 1.68. The Bertz CT molecular complexity index is 1800. The van der Waals surface area contributed by atoms with E-state index in [0.717, 1.165) is 0 Å². The Morgan fingerprint density at radius 2 is 1.81 bits per heavy atom. The Morgan fingerprint density at radius 1 is 1.07 bits per heavy atom. The van der Waals surface area contributed by atoms with E-state index >= 15 is 0 Å². The lowest BCUT2D eigenvalue weighted by atomic mass is 10.2. The number of aliphatic hydroxyl groups is 1. The lowest BCUT2D eigenvalue weighted by Gasteiger charge is -2.22. The van der Waals surface area contributed by atoms with Crippen LogP contribution in [0.25, 0.3) is 22.2 Å². The molecule has 232 valence electrons. The molecule has 43 heavy (non-hydrogen) atoms. The number of nitrogens with zero attached hydrogens (tertiary/aromatic N) is 7. The summed E-state index contributed by atoms with van der Waals surface area (Å²) in [5.41, 5.74) is 12.8. The third-order valence-corrected chi connectivity index (χ3v) is 8.56. The summed E-state index contributed by atoms with van der Waals surface area (Å²) >= 11 is 0. The van der Waals surface area contributed by atoms with Gasteiger partial charge in [-0.05, 0) is 6.07 Å². The number of imidazole rings is 1. The summed E-state index contributed by atoms with van der Waals surface area (Å²) in [6.07, 6.45) is -0.356. The minimum Gasteiger partial charge on any atom is -0.388 e. The summed E-state index contributed by atoms with van der Waals surface area (Å²) in [5, 5.41) is 11.2. The van der Waals surface area contributed by atoms with Crippen molar-refractivity contribution in [1.82, 2.24) is 38.8 Å². The summed E-state index contributed by atoms with van der Waals surface area (Å²) in [4.78, 5) is 30.8. The normalized spacial score (nSPS) is 27.7. The smallest absolute Gasteiger partial charge is 0.388 e. The molecule has 7 atom stereocenters. The maximum absolute atomic E-state index is 13.0. The van der Waals surface area contributed by atoms with Gasteiger partial charge in [0.25, 0.3) is 0 Å². The van der Waals surface area contributed by atoms with E-state index in [-0.39, 0.29) is 24.5 Å². The molecule has 2 fully saturated rings. The molecule has 0 amide bonds. The van der Waals surface area contributed by atoms with Gasteiger partial charge in [0.05, 0.1) is 24.4 Å². The van der Waals surface area contributed by atoms with Crippen molar-refractivity contribution in [3.8, 4) is 0 Å². The van der Waals surface area contributed by atoms with Crippen molar-refractivity contribution >= 4 is 52.0 Å². The number of phosphoric acid groups is 1. The average molecular weight is 643 g/mol. The van der Waals surface area contributed by atoms with Crippen LogP contribution in [0.2, 0.25) is 0 Å². The molecular formula is C21H27N10O10PS. The van der Waals surface area contributed by atoms with Crippen LogP contribution >= 0.6 is 7.82 Å². The number of ether oxygens (including phenoxy) is 2. The van der Waals surface area contributed by atoms with Crippen molar-refractivity contribution < 1.29 is 46.1 Å². The lowest BCUT2D eigenvalue weighted by Crippen LogP contribution is -2.37. The fraction of sp³-hybridized carbons (Fsp3) is 0.476. The molecule has 2 aliphatic heterocycles. The summed E-state index contributed by atoms with van der Waals surface area (Å²) in [7, 11) is -9.41. The van der Waals surface area contributed by atoms with Gasteiger partial charge < -0.3 is 35.5 Å².